The van der Waals surface area contributed by atoms with E-state index in [0.717, 1.165) is 43.5 Å². The van der Waals surface area contributed by atoms with Crippen LogP contribution in [-0.2, 0) is 9.59 Å². The molecule has 1 aromatic rings. The van der Waals surface area contributed by atoms with E-state index in [1.54, 1.807) is 0 Å². The smallest absolute Gasteiger partial charge is 0.277 e. The fourth-order valence-corrected chi connectivity index (χ4v) is 4.78. The van der Waals surface area contributed by atoms with Crippen molar-refractivity contribution in [2.75, 3.05) is 45.9 Å². The van der Waals surface area contributed by atoms with Crippen molar-refractivity contribution in [3.63, 3.8) is 0 Å². The highest BCUT2D eigenvalue weighted by Gasteiger charge is 2.41. The molecule has 0 aliphatic carbocycles. The number of nitrogens with zero attached hydrogens (tertiary/aromatic N) is 3. The molecule has 2 heterocycles. The predicted molar refractivity (Wildman–Crippen MR) is 133 cm³/mol. The van der Waals surface area contributed by atoms with Gasteiger partial charge in [0.2, 0.25) is 0 Å². The van der Waals surface area contributed by atoms with E-state index >= 15 is 0 Å². The van der Waals surface area contributed by atoms with E-state index in [1.165, 1.54) is 37.0 Å². The normalized spacial score (nSPS) is 17.5. The third-order valence-corrected chi connectivity index (χ3v) is 6.82. The number of aliphatic hydroxyl groups is 1. The molecule has 0 saturated carbocycles. The lowest BCUT2D eigenvalue weighted by Crippen LogP contribution is -2.48. The molecule has 6 nitrogen and oxygen atoms in total. The molecule has 3 rings (SSSR count). The molecule has 0 unspecified atom stereocenters. The van der Waals surface area contributed by atoms with Gasteiger partial charge >= 0.3 is 0 Å². The van der Waals surface area contributed by atoms with Crippen molar-refractivity contribution >= 4 is 17.4 Å². The Hall–Kier alpha value is -2.18. The molecule has 6 heteroatoms. The van der Waals surface area contributed by atoms with Crippen molar-refractivity contribution in [3.05, 3.63) is 41.1 Å². The summed E-state index contributed by atoms with van der Waals surface area (Å²) in [7, 11) is 0. The van der Waals surface area contributed by atoms with Gasteiger partial charge in [-0.1, -0.05) is 81.7 Å². The van der Waals surface area contributed by atoms with Gasteiger partial charge in [-0.25, -0.2) is 0 Å². The monoisotopic (exact) mass is 455 g/mol. The highest BCUT2D eigenvalue weighted by atomic mass is 16.3. The van der Waals surface area contributed by atoms with Gasteiger partial charge in [-0.05, 0) is 18.9 Å². The zero-order chi connectivity index (χ0) is 23.6. The van der Waals surface area contributed by atoms with Crippen LogP contribution in [0.3, 0.4) is 0 Å². The van der Waals surface area contributed by atoms with Gasteiger partial charge in [-0.2, -0.15) is 0 Å². The second-order valence-electron chi connectivity index (χ2n) is 9.38. The number of imide groups is 1. The topological polar surface area (TPSA) is 64.1 Å². The maximum absolute atomic E-state index is 13.5. The number of carbonyl (C=O) groups excluding carboxylic acids is 2. The summed E-state index contributed by atoms with van der Waals surface area (Å²) in [5, 5.41) is 9.22. The van der Waals surface area contributed by atoms with Gasteiger partial charge in [-0.3, -0.25) is 19.4 Å². The molecular formula is C27H41N3O3. The van der Waals surface area contributed by atoms with Gasteiger partial charge in [0.25, 0.3) is 11.8 Å². The summed E-state index contributed by atoms with van der Waals surface area (Å²) in [6, 6.07) is 7.91. The summed E-state index contributed by atoms with van der Waals surface area (Å²) in [6.07, 6.45) is 9.47. The number of β-amino-alcohol motifs (C(OH)–C–C–N with tert-alkyl or cyclic N) is 1. The Morgan fingerprint density at radius 2 is 1.39 bits per heavy atom. The van der Waals surface area contributed by atoms with Crippen LogP contribution in [0.1, 0.15) is 69.4 Å². The lowest BCUT2D eigenvalue weighted by Gasteiger charge is -2.36. The standard InChI is InChI=1S/C27H41N3O3/c1-3-4-5-6-7-8-9-10-15-30-26(32)24(23-13-11-22(2)12-14-23)25(27(30)33)29-18-16-28(17-19-29)20-21-31/h11-14,31H,3-10,15-21H2,1-2H3. The van der Waals surface area contributed by atoms with Gasteiger partial charge in [-0.15, -0.1) is 0 Å². The molecule has 0 atom stereocenters. The quantitative estimate of drug-likeness (QED) is 0.362. The highest BCUT2D eigenvalue weighted by molar-refractivity contribution is 6.35. The highest BCUT2D eigenvalue weighted by Crippen LogP contribution is 2.32. The minimum absolute atomic E-state index is 0.140. The Bertz CT molecular complexity index is 810. The molecule has 2 aliphatic rings. The van der Waals surface area contributed by atoms with Crippen LogP contribution in [0.5, 0.6) is 0 Å². The number of rotatable bonds is 13. The number of unbranched alkanes of at least 4 members (excludes halogenated alkanes) is 7. The molecule has 1 aromatic carbocycles. The van der Waals surface area contributed by atoms with Crippen molar-refractivity contribution in [1.82, 2.24) is 14.7 Å². The summed E-state index contributed by atoms with van der Waals surface area (Å²) in [5.74, 6) is -0.297. The summed E-state index contributed by atoms with van der Waals surface area (Å²) in [5.41, 5.74) is 3.07. The van der Waals surface area contributed by atoms with E-state index in [0.29, 0.717) is 37.4 Å². The molecule has 182 valence electrons. The van der Waals surface area contributed by atoms with Gasteiger partial charge in [0.05, 0.1) is 12.2 Å². The predicted octanol–water partition coefficient (Wildman–Crippen LogP) is 3.83. The van der Waals surface area contributed by atoms with Crippen LogP contribution >= 0.6 is 0 Å². The number of aliphatic hydroxyl groups excluding tert-OH is 1. The van der Waals surface area contributed by atoms with Crippen molar-refractivity contribution < 1.29 is 14.7 Å². The van der Waals surface area contributed by atoms with E-state index in [1.807, 2.05) is 31.2 Å². The maximum Gasteiger partial charge on any atom is 0.277 e. The third kappa shape index (κ3) is 6.67. The van der Waals surface area contributed by atoms with Gasteiger partial charge in [0.1, 0.15) is 5.70 Å². The first-order valence-corrected chi connectivity index (χ1v) is 12.8. The first-order chi connectivity index (χ1) is 16.1. The van der Waals surface area contributed by atoms with Crippen molar-refractivity contribution in [2.24, 2.45) is 0 Å². The Balaban J connectivity index is 1.67. The zero-order valence-corrected chi connectivity index (χ0v) is 20.5. The lowest BCUT2D eigenvalue weighted by atomic mass is 10.0. The lowest BCUT2D eigenvalue weighted by molar-refractivity contribution is -0.137. The Morgan fingerprint density at radius 3 is 2.00 bits per heavy atom. The van der Waals surface area contributed by atoms with Crippen molar-refractivity contribution in [1.29, 1.82) is 0 Å². The van der Waals surface area contributed by atoms with Crippen LogP contribution in [0.4, 0.5) is 0 Å². The van der Waals surface area contributed by atoms with E-state index in [9.17, 15) is 14.7 Å². The molecule has 0 radical (unpaired) electrons. The zero-order valence-electron chi connectivity index (χ0n) is 20.5. The summed E-state index contributed by atoms with van der Waals surface area (Å²) >= 11 is 0. The van der Waals surface area contributed by atoms with Crippen LogP contribution in [0.25, 0.3) is 5.57 Å². The fraction of sp³-hybridized carbons (Fsp3) is 0.630. The van der Waals surface area contributed by atoms with Crippen LogP contribution in [0, 0.1) is 6.92 Å². The summed E-state index contributed by atoms with van der Waals surface area (Å²) < 4.78 is 0. The first-order valence-electron chi connectivity index (χ1n) is 12.8. The maximum atomic E-state index is 13.5. The number of benzene rings is 1. The fourth-order valence-electron chi connectivity index (χ4n) is 4.78. The van der Waals surface area contributed by atoms with E-state index in [4.69, 9.17) is 0 Å². The Kier molecular flexibility index (Phi) is 9.95. The first kappa shape index (κ1) is 25.4. The van der Waals surface area contributed by atoms with E-state index in [-0.39, 0.29) is 18.4 Å². The number of hydrogen-bond donors (Lipinski definition) is 1. The SMILES string of the molecule is CCCCCCCCCCN1C(=O)C(c2ccc(C)cc2)=C(N2CCN(CCO)CC2)C1=O. The van der Waals surface area contributed by atoms with Crippen LogP contribution in [0.15, 0.2) is 30.0 Å². The minimum atomic E-state index is -0.153. The Labute approximate surface area is 199 Å². The van der Waals surface area contributed by atoms with Crippen LogP contribution in [0.2, 0.25) is 0 Å². The van der Waals surface area contributed by atoms with Crippen LogP contribution < -0.4 is 0 Å². The summed E-state index contributed by atoms with van der Waals surface area (Å²) in [6.45, 7) is 8.48. The molecule has 33 heavy (non-hydrogen) atoms. The summed E-state index contributed by atoms with van der Waals surface area (Å²) in [4.78, 5) is 32.7. The second kappa shape index (κ2) is 12.9. The minimum Gasteiger partial charge on any atom is -0.395 e. The number of amides is 2. The molecule has 1 fully saturated rings. The van der Waals surface area contributed by atoms with Crippen LogP contribution in [-0.4, -0.2) is 77.5 Å². The average molecular weight is 456 g/mol. The third-order valence-electron chi connectivity index (χ3n) is 6.82. The molecule has 1 N–H and O–H groups in total. The van der Waals surface area contributed by atoms with E-state index < -0.39 is 0 Å². The molecule has 1 saturated heterocycles. The number of aryl methyl sites for hydroxylation is 1. The van der Waals surface area contributed by atoms with Gasteiger partial charge < -0.3 is 10.0 Å². The number of hydrogen-bond acceptors (Lipinski definition) is 5. The number of carbonyl (C=O) groups is 2. The van der Waals surface area contributed by atoms with Crippen molar-refractivity contribution in [3.8, 4) is 0 Å². The molecule has 0 bridgehead atoms. The van der Waals surface area contributed by atoms with Crippen molar-refractivity contribution in [2.45, 2.75) is 65.2 Å². The second-order valence-corrected chi connectivity index (χ2v) is 9.38. The van der Waals surface area contributed by atoms with Gasteiger partial charge in [0.15, 0.2) is 0 Å². The molecule has 2 aliphatic heterocycles. The molecular weight excluding hydrogens is 414 g/mol. The van der Waals surface area contributed by atoms with E-state index in [2.05, 4.69) is 16.7 Å². The van der Waals surface area contributed by atoms with Gasteiger partial charge in [0, 0.05) is 39.3 Å². The average Bonchev–Trinajstić information content (AvgIpc) is 3.07. The number of piperazine rings is 1. The largest absolute Gasteiger partial charge is 0.395 e. The Morgan fingerprint density at radius 1 is 0.788 bits per heavy atom. The molecule has 2 amide bonds. The molecule has 0 aromatic heterocycles. The molecule has 0 spiro atoms.